The molecule has 0 aliphatic heterocycles. The van der Waals surface area contributed by atoms with Crippen molar-refractivity contribution in [3.8, 4) is 0 Å². The number of hydrogen-bond donors (Lipinski definition) is 1. The zero-order valence-corrected chi connectivity index (χ0v) is 26.6. The third-order valence-corrected chi connectivity index (χ3v) is 8.32. The molecule has 0 aliphatic carbocycles. The molecule has 3 atom stereocenters. The van der Waals surface area contributed by atoms with Gasteiger partial charge in [0.25, 0.3) is 6.47 Å². The van der Waals surface area contributed by atoms with Crippen molar-refractivity contribution in [2.75, 3.05) is 53.7 Å². The van der Waals surface area contributed by atoms with E-state index in [2.05, 4.69) is 28.1 Å². The standard InChI is InChI=1S/C30H63NO6P/c1-6-8-9-10-11-12-13-14-15-16-17-18-19-20-21-22-30(33)34-27-29(35-28-32)23-26-38(36-7-2)37-25-24-31(3,4)5/h28-30,33H,6-27H2,1-5H3/q+1/t29-,30?,38?/m1/s1. The van der Waals surface area contributed by atoms with Crippen LogP contribution in [-0.4, -0.2) is 82.1 Å². The van der Waals surface area contributed by atoms with Gasteiger partial charge in [-0.15, -0.1) is 0 Å². The summed E-state index contributed by atoms with van der Waals surface area (Å²) >= 11 is 0. The minimum absolute atomic E-state index is 0.187. The van der Waals surface area contributed by atoms with Gasteiger partial charge in [-0.3, -0.25) is 4.79 Å². The molecule has 0 aliphatic rings. The lowest BCUT2D eigenvalue weighted by Crippen LogP contribution is -2.37. The summed E-state index contributed by atoms with van der Waals surface area (Å²) in [5.74, 6) is 0. The van der Waals surface area contributed by atoms with Crippen molar-refractivity contribution in [1.82, 2.24) is 0 Å². The fourth-order valence-corrected chi connectivity index (χ4v) is 5.64. The molecule has 38 heavy (non-hydrogen) atoms. The van der Waals surface area contributed by atoms with E-state index in [-0.39, 0.29) is 6.61 Å². The van der Waals surface area contributed by atoms with Gasteiger partial charge in [0.15, 0.2) is 14.7 Å². The molecule has 0 heterocycles. The number of quaternary nitrogens is 1. The smallest absolute Gasteiger partial charge is 0.293 e. The van der Waals surface area contributed by atoms with Gasteiger partial charge in [-0.25, -0.2) is 0 Å². The van der Waals surface area contributed by atoms with Gasteiger partial charge in [0.2, 0.25) is 0 Å². The van der Waals surface area contributed by atoms with Crippen LogP contribution in [0.3, 0.4) is 0 Å². The lowest BCUT2D eigenvalue weighted by atomic mass is 10.0. The van der Waals surface area contributed by atoms with E-state index in [0.717, 1.165) is 23.9 Å². The maximum absolute atomic E-state index is 10.9. The molecule has 1 N–H and O–H groups in total. The van der Waals surface area contributed by atoms with Crippen LogP contribution in [0.15, 0.2) is 0 Å². The molecule has 8 heteroatoms. The first kappa shape index (κ1) is 37.7. The van der Waals surface area contributed by atoms with Gasteiger partial charge in [-0.2, -0.15) is 0 Å². The Morgan fingerprint density at radius 1 is 0.763 bits per heavy atom. The maximum Gasteiger partial charge on any atom is 0.293 e. The molecule has 2 unspecified atom stereocenters. The Labute approximate surface area is 236 Å². The van der Waals surface area contributed by atoms with E-state index < -0.39 is 20.8 Å². The first-order valence-corrected chi connectivity index (χ1v) is 16.9. The van der Waals surface area contributed by atoms with E-state index in [0.29, 0.717) is 38.7 Å². The Balaban J connectivity index is 3.81. The number of aliphatic hydroxyl groups excluding tert-OH is 1. The van der Waals surface area contributed by atoms with Crippen LogP contribution in [0.5, 0.6) is 0 Å². The topological polar surface area (TPSA) is 74.2 Å². The lowest BCUT2D eigenvalue weighted by Gasteiger charge is -2.25. The van der Waals surface area contributed by atoms with Crippen molar-refractivity contribution >= 4 is 14.8 Å². The van der Waals surface area contributed by atoms with Crippen LogP contribution >= 0.6 is 8.38 Å². The van der Waals surface area contributed by atoms with Crippen LogP contribution in [0.4, 0.5) is 0 Å². The SMILES string of the molecule is CCCCCCCCCCCCCCCCCC(O)OC[C@@H](CCP(OCC)OCC[N+](C)(C)C)OC=O. The molecule has 0 amide bonds. The van der Waals surface area contributed by atoms with E-state index in [4.69, 9.17) is 18.5 Å². The summed E-state index contributed by atoms with van der Waals surface area (Å²) in [6.45, 7) is 6.98. The highest BCUT2D eigenvalue weighted by Gasteiger charge is 2.19. The summed E-state index contributed by atoms with van der Waals surface area (Å²) in [5, 5.41) is 10.2. The van der Waals surface area contributed by atoms with E-state index in [1.165, 1.54) is 83.5 Å². The van der Waals surface area contributed by atoms with Crippen molar-refractivity contribution in [3.05, 3.63) is 0 Å². The molecule has 0 radical (unpaired) electrons. The first-order valence-electron chi connectivity index (χ1n) is 15.5. The Bertz CT molecular complexity index is 506. The fourth-order valence-electron chi connectivity index (χ4n) is 4.24. The average molecular weight is 565 g/mol. The average Bonchev–Trinajstić information content (AvgIpc) is 2.87. The van der Waals surface area contributed by atoms with Crippen molar-refractivity contribution < 1.29 is 32.9 Å². The fraction of sp³-hybridized carbons (Fsp3) is 0.967. The minimum atomic E-state index is -1.03. The number of nitrogens with zero attached hydrogens (tertiary/aromatic N) is 1. The predicted octanol–water partition coefficient (Wildman–Crippen LogP) is 7.59. The summed E-state index contributed by atoms with van der Waals surface area (Å²) in [6.07, 6.45) is 20.5. The van der Waals surface area contributed by atoms with Crippen LogP contribution in [-0.2, 0) is 23.3 Å². The summed E-state index contributed by atoms with van der Waals surface area (Å²) < 4.78 is 23.3. The molecule has 0 aromatic rings. The highest BCUT2D eigenvalue weighted by Crippen LogP contribution is 2.39. The van der Waals surface area contributed by atoms with E-state index >= 15 is 0 Å². The molecular weight excluding hydrogens is 501 g/mol. The van der Waals surface area contributed by atoms with Crippen LogP contribution in [0.1, 0.15) is 123 Å². The number of likely N-dealkylation sites (N-methyl/N-ethyl adjacent to an activating group) is 1. The number of ether oxygens (including phenoxy) is 2. The molecule has 0 aromatic carbocycles. The highest BCUT2D eigenvalue weighted by molar-refractivity contribution is 7.47. The van der Waals surface area contributed by atoms with Gasteiger partial charge in [0.05, 0.1) is 34.4 Å². The monoisotopic (exact) mass is 564 g/mol. The predicted molar refractivity (Wildman–Crippen MR) is 159 cm³/mol. The quantitative estimate of drug-likeness (QED) is 0.0319. The van der Waals surface area contributed by atoms with Crippen LogP contribution in [0, 0.1) is 0 Å². The van der Waals surface area contributed by atoms with Crippen molar-refractivity contribution in [2.24, 2.45) is 0 Å². The Morgan fingerprint density at radius 2 is 1.29 bits per heavy atom. The number of rotatable bonds is 30. The lowest BCUT2D eigenvalue weighted by molar-refractivity contribution is -0.870. The van der Waals surface area contributed by atoms with Crippen LogP contribution in [0.25, 0.3) is 0 Å². The second kappa shape index (κ2) is 26.9. The van der Waals surface area contributed by atoms with E-state index in [1.54, 1.807) is 0 Å². The number of unbranched alkanes of at least 4 members (excludes halogenated alkanes) is 14. The van der Waals surface area contributed by atoms with Gasteiger partial charge < -0.3 is 28.1 Å². The Morgan fingerprint density at radius 3 is 1.76 bits per heavy atom. The Kier molecular flexibility index (Phi) is 26.7. The summed E-state index contributed by atoms with van der Waals surface area (Å²) in [6, 6.07) is 0. The highest BCUT2D eigenvalue weighted by atomic mass is 31.2. The van der Waals surface area contributed by atoms with E-state index in [9.17, 15) is 9.90 Å². The molecule has 0 bridgehead atoms. The van der Waals surface area contributed by atoms with Crippen molar-refractivity contribution in [2.45, 2.75) is 135 Å². The summed E-state index contributed by atoms with van der Waals surface area (Å²) in [7, 11) is 5.35. The third-order valence-electron chi connectivity index (χ3n) is 6.68. The number of hydrogen-bond acceptors (Lipinski definition) is 6. The van der Waals surface area contributed by atoms with Crippen LogP contribution in [0.2, 0.25) is 0 Å². The summed E-state index contributed by atoms with van der Waals surface area (Å²) in [4.78, 5) is 10.9. The van der Waals surface area contributed by atoms with Crippen molar-refractivity contribution in [3.63, 3.8) is 0 Å². The molecule has 0 spiro atoms. The maximum atomic E-state index is 10.9. The second-order valence-electron chi connectivity index (χ2n) is 11.5. The van der Waals surface area contributed by atoms with Crippen LogP contribution < -0.4 is 0 Å². The molecular formula is C30H63NO6P+. The molecule has 7 nitrogen and oxygen atoms in total. The van der Waals surface area contributed by atoms with E-state index in [1.807, 2.05) is 6.92 Å². The molecule has 0 rings (SSSR count). The zero-order chi connectivity index (χ0) is 28.3. The second-order valence-corrected chi connectivity index (χ2v) is 13.1. The zero-order valence-electron chi connectivity index (χ0n) is 25.7. The Hall–Kier alpha value is -0.300. The largest absolute Gasteiger partial charge is 0.462 e. The van der Waals surface area contributed by atoms with Gasteiger partial charge in [-0.05, 0) is 26.2 Å². The van der Waals surface area contributed by atoms with Crippen molar-refractivity contribution in [1.29, 1.82) is 0 Å². The minimum Gasteiger partial charge on any atom is -0.462 e. The molecule has 228 valence electrons. The van der Waals surface area contributed by atoms with Gasteiger partial charge >= 0.3 is 0 Å². The van der Waals surface area contributed by atoms with Gasteiger partial charge in [-0.1, -0.05) is 96.8 Å². The number of aliphatic hydroxyl groups is 1. The van der Waals surface area contributed by atoms with Gasteiger partial charge in [0.1, 0.15) is 19.3 Å². The normalized spacial score (nSPS) is 14.4. The number of carbonyl (C=O) groups excluding carboxylic acids is 1. The first-order chi connectivity index (χ1) is 18.3. The molecule has 0 fully saturated rings. The molecule has 0 saturated heterocycles. The molecule has 0 aromatic heterocycles. The molecule has 0 saturated carbocycles. The third kappa shape index (κ3) is 27.3. The van der Waals surface area contributed by atoms with Gasteiger partial charge in [0, 0.05) is 6.16 Å². The summed E-state index contributed by atoms with van der Waals surface area (Å²) in [5.41, 5.74) is 0. The number of carbonyl (C=O) groups is 1.